The second-order valence-electron chi connectivity index (χ2n) is 6.27. The predicted molar refractivity (Wildman–Crippen MR) is 119 cm³/mol. The van der Waals surface area contributed by atoms with E-state index >= 15 is 0 Å². The lowest BCUT2D eigenvalue weighted by Gasteiger charge is -2.09. The number of benzene rings is 1. The summed E-state index contributed by atoms with van der Waals surface area (Å²) >= 11 is 9.10. The normalized spacial score (nSPS) is 11.0. The third-order valence-corrected chi connectivity index (χ3v) is 6.68. The molecule has 3 aromatic heterocycles. The molecule has 0 aliphatic heterocycles. The lowest BCUT2D eigenvalue weighted by molar-refractivity contribution is 0.0529. The van der Waals surface area contributed by atoms with E-state index in [1.54, 1.807) is 23.6 Å². The third kappa shape index (κ3) is 3.57. The Balaban J connectivity index is 1.73. The number of halogens is 1. The van der Waals surface area contributed by atoms with Crippen molar-refractivity contribution >= 4 is 62.1 Å². The number of rotatable bonds is 5. The van der Waals surface area contributed by atoms with Crippen molar-refractivity contribution in [3.8, 4) is 10.4 Å². The van der Waals surface area contributed by atoms with Crippen molar-refractivity contribution in [3.05, 3.63) is 63.4 Å². The van der Waals surface area contributed by atoms with E-state index in [4.69, 9.17) is 16.3 Å². The van der Waals surface area contributed by atoms with E-state index < -0.39 is 5.97 Å². The summed E-state index contributed by atoms with van der Waals surface area (Å²) in [6, 6.07) is 11.2. The number of thiophene rings is 2. The summed E-state index contributed by atoms with van der Waals surface area (Å²) in [6.45, 7) is 2.01. The van der Waals surface area contributed by atoms with E-state index in [-0.39, 0.29) is 12.5 Å². The summed E-state index contributed by atoms with van der Waals surface area (Å²) in [5.41, 5.74) is 2.45. The fourth-order valence-corrected chi connectivity index (χ4v) is 5.17. The first-order valence-electron chi connectivity index (χ1n) is 8.89. The van der Waals surface area contributed by atoms with E-state index in [2.05, 4.69) is 5.32 Å². The van der Waals surface area contributed by atoms with Crippen molar-refractivity contribution in [2.24, 2.45) is 7.05 Å². The number of carbonyl (C=O) groups excluding carboxylic acids is 2. The molecule has 4 rings (SSSR count). The van der Waals surface area contributed by atoms with Crippen LogP contribution in [-0.2, 0) is 11.8 Å². The van der Waals surface area contributed by atoms with Crippen LogP contribution >= 0.6 is 34.3 Å². The zero-order valence-electron chi connectivity index (χ0n) is 15.7. The van der Waals surface area contributed by atoms with Crippen LogP contribution in [0.3, 0.4) is 0 Å². The maximum Gasteiger partial charge on any atom is 0.341 e. The van der Waals surface area contributed by atoms with E-state index in [1.807, 2.05) is 42.1 Å². The van der Waals surface area contributed by atoms with Crippen LogP contribution in [0.15, 0.2) is 47.2 Å². The van der Waals surface area contributed by atoms with Crippen molar-refractivity contribution in [3.63, 3.8) is 0 Å². The van der Waals surface area contributed by atoms with E-state index in [0.717, 1.165) is 21.3 Å². The number of esters is 1. The highest BCUT2D eigenvalue weighted by Gasteiger charge is 2.24. The molecule has 5 nitrogen and oxygen atoms in total. The van der Waals surface area contributed by atoms with Crippen LogP contribution in [0.5, 0.6) is 0 Å². The van der Waals surface area contributed by atoms with Crippen molar-refractivity contribution in [2.45, 2.75) is 6.92 Å². The van der Waals surface area contributed by atoms with E-state index in [0.29, 0.717) is 21.3 Å². The number of nitrogens with one attached hydrogen (secondary N) is 1. The largest absolute Gasteiger partial charge is 0.462 e. The molecule has 1 amide bonds. The Morgan fingerprint density at radius 3 is 2.72 bits per heavy atom. The fraction of sp³-hybridized carbons (Fsp3) is 0.143. The van der Waals surface area contributed by atoms with Crippen LogP contribution in [0.1, 0.15) is 27.8 Å². The Hall–Kier alpha value is -2.61. The Morgan fingerprint density at radius 2 is 2.03 bits per heavy atom. The molecule has 29 heavy (non-hydrogen) atoms. The molecule has 0 saturated heterocycles. The maximum atomic E-state index is 13.0. The molecule has 0 radical (unpaired) electrons. The molecular formula is C21H17ClN2O3S2. The second-order valence-corrected chi connectivity index (χ2v) is 8.50. The van der Waals surface area contributed by atoms with Gasteiger partial charge in [0.1, 0.15) is 16.3 Å². The van der Waals surface area contributed by atoms with Gasteiger partial charge in [-0.3, -0.25) is 4.79 Å². The Morgan fingerprint density at radius 1 is 1.21 bits per heavy atom. The number of aromatic nitrogens is 1. The number of hydrogen-bond donors (Lipinski definition) is 1. The standard InChI is InChI=1S/C21H17ClN2O3S2/c1-3-27-21(26)18-13(17-8-5-9-28-17)11-29-20(18)23-19(25)16-10-12-14(22)6-4-7-15(12)24(16)2/h4-11H,3H2,1-2H3,(H,23,25). The Bertz CT molecular complexity index is 1210. The molecule has 1 N–H and O–H groups in total. The van der Waals surface area contributed by atoms with Gasteiger partial charge < -0.3 is 14.6 Å². The van der Waals surface area contributed by atoms with Crippen LogP contribution in [0.4, 0.5) is 5.00 Å². The molecule has 148 valence electrons. The highest BCUT2D eigenvalue weighted by molar-refractivity contribution is 7.17. The van der Waals surface area contributed by atoms with Crippen molar-refractivity contribution in [1.82, 2.24) is 4.57 Å². The number of fused-ring (bicyclic) bond motifs is 1. The first-order valence-corrected chi connectivity index (χ1v) is 11.0. The molecule has 0 atom stereocenters. The molecule has 0 unspecified atom stereocenters. The second kappa shape index (κ2) is 8.02. The van der Waals surface area contributed by atoms with Crippen molar-refractivity contribution in [2.75, 3.05) is 11.9 Å². The maximum absolute atomic E-state index is 13.0. The van der Waals surface area contributed by atoms with Gasteiger partial charge in [0.05, 0.1) is 6.61 Å². The molecule has 0 fully saturated rings. The fourth-order valence-electron chi connectivity index (χ4n) is 3.18. The van der Waals surface area contributed by atoms with Gasteiger partial charge in [0, 0.05) is 38.8 Å². The number of anilines is 1. The molecule has 8 heteroatoms. The lowest BCUT2D eigenvalue weighted by atomic mass is 10.1. The van der Waals surface area contributed by atoms with Crippen LogP contribution < -0.4 is 5.32 Å². The molecule has 3 heterocycles. The van der Waals surface area contributed by atoms with Gasteiger partial charge in [-0.05, 0) is 36.6 Å². The molecule has 0 bridgehead atoms. The van der Waals surface area contributed by atoms with E-state index in [9.17, 15) is 9.59 Å². The van der Waals surface area contributed by atoms with E-state index in [1.165, 1.54) is 22.7 Å². The molecule has 0 saturated carbocycles. The topological polar surface area (TPSA) is 60.3 Å². The molecule has 0 aliphatic rings. The molecular weight excluding hydrogens is 428 g/mol. The minimum atomic E-state index is -0.451. The first-order chi connectivity index (χ1) is 14.0. The lowest BCUT2D eigenvalue weighted by Crippen LogP contribution is -2.17. The minimum absolute atomic E-state index is 0.258. The zero-order chi connectivity index (χ0) is 20.5. The van der Waals surface area contributed by atoms with Crippen LogP contribution in [0, 0.1) is 0 Å². The highest BCUT2D eigenvalue weighted by Crippen LogP contribution is 2.38. The highest BCUT2D eigenvalue weighted by atomic mass is 35.5. The van der Waals surface area contributed by atoms with Crippen molar-refractivity contribution < 1.29 is 14.3 Å². The summed E-state index contributed by atoms with van der Waals surface area (Å²) < 4.78 is 7.02. The SMILES string of the molecule is CCOC(=O)c1c(-c2cccs2)csc1NC(=O)c1cc2c(Cl)cccc2n1C. The Labute approximate surface area is 180 Å². The van der Waals surface area contributed by atoms with Gasteiger partial charge >= 0.3 is 5.97 Å². The van der Waals surface area contributed by atoms with Gasteiger partial charge in [-0.15, -0.1) is 22.7 Å². The summed E-state index contributed by atoms with van der Waals surface area (Å²) in [5.74, 6) is -0.766. The number of nitrogens with zero attached hydrogens (tertiary/aromatic N) is 1. The number of ether oxygens (including phenoxy) is 1. The molecule has 4 aromatic rings. The summed E-state index contributed by atoms with van der Waals surface area (Å²) in [5, 5.41) is 8.55. The molecule has 0 spiro atoms. The Kier molecular flexibility index (Phi) is 5.45. The average molecular weight is 445 g/mol. The van der Waals surface area contributed by atoms with Crippen LogP contribution in [0.2, 0.25) is 5.02 Å². The summed E-state index contributed by atoms with van der Waals surface area (Å²) in [7, 11) is 1.81. The van der Waals surface area contributed by atoms with Gasteiger partial charge in [-0.1, -0.05) is 23.7 Å². The first kappa shape index (κ1) is 19.7. The quantitative estimate of drug-likeness (QED) is 0.381. The van der Waals surface area contributed by atoms with Gasteiger partial charge in [-0.2, -0.15) is 0 Å². The monoisotopic (exact) mass is 444 g/mol. The zero-order valence-corrected chi connectivity index (χ0v) is 18.1. The minimum Gasteiger partial charge on any atom is -0.462 e. The van der Waals surface area contributed by atoms with Gasteiger partial charge in [-0.25, -0.2) is 4.79 Å². The third-order valence-electron chi connectivity index (χ3n) is 4.55. The smallest absolute Gasteiger partial charge is 0.341 e. The number of amides is 1. The van der Waals surface area contributed by atoms with Gasteiger partial charge in [0.25, 0.3) is 5.91 Å². The van der Waals surface area contributed by atoms with Gasteiger partial charge in [0.15, 0.2) is 0 Å². The summed E-state index contributed by atoms with van der Waals surface area (Å²) in [6.07, 6.45) is 0. The molecule has 0 aliphatic carbocycles. The molecule has 1 aromatic carbocycles. The summed E-state index contributed by atoms with van der Waals surface area (Å²) in [4.78, 5) is 26.6. The van der Waals surface area contributed by atoms with Gasteiger partial charge in [0.2, 0.25) is 0 Å². The van der Waals surface area contributed by atoms with Crippen LogP contribution in [-0.4, -0.2) is 23.1 Å². The van der Waals surface area contributed by atoms with Crippen LogP contribution in [0.25, 0.3) is 21.3 Å². The average Bonchev–Trinajstić information content (AvgIpc) is 3.42. The number of carbonyl (C=O) groups is 2. The predicted octanol–water partition coefficient (Wildman–Crippen LogP) is 6.05. The number of aryl methyl sites for hydroxylation is 1. The van der Waals surface area contributed by atoms with Crippen molar-refractivity contribution in [1.29, 1.82) is 0 Å². The number of hydrogen-bond acceptors (Lipinski definition) is 5.